The van der Waals surface area contributed by atoms with E-state index in [0.29, 0.717) is 13.1 Å². The molecule has 152 valence electrons. The number of sulfonamides is 1. The lowest BCUT2D eigenvalue weighted by Gasteiger charge is -2.25. The Morgan fingerprint density at radius 3 is 1.73 bits per heavy atom. The Labute approximate surface area is 162 Å². The molecule has 0 radical (unpaired) electrons. The van der Waals surface area contributed by atoms with Crippen LogP contribution in [0, 0.1) is 11.8 Å². The van der Waals surface area contributed by atoms with Crippen LogP contribution in [0.25, 0.3) is 0 Å². The van der Waals surface area contributed by atoms with E-state index >= 15 is 0 Å². The molecule has 0 aliphatic heterocycles. The van der Waals surface area contributed by atoms with E-state index in [2.05, 4.69) is 20.9 Å². The van der Waals surface area contributed by atoms with Crippen LogP contribution >= 0.6 is 6.72 Å². The molecule has 0 unspecified atom stereocenters. The summed E-state index contributed by atoms with van der Waals surface area (Å²) >= 11 is 4.26. The molecule has 0 aliphatic carbocycles. The van der Waals surface area contributed by atoms with Crippen molar-refractivity contribution >= 4 is 28.5 Å². The summed E-state index contributed by atoms with van der Waals surface area (Å²) in [6.07, 6.45) is 0. The van der Waals surface area contributed by atoms with Crippen LogP contribution < -0.4 is 4.89 Å². The molecule has 0 saturated carbocycles. The minimum Gasteiger partial charge on any atom is -0.780 e. The lowest BCUT2D eigenvalue weighted by atomic mass is 10.2. The molecule has 0 atom stereocenters. The van der Waals surface area contributed by atoms with Crippen molar-refractivity contribution in [1.82, 2.24) is 4.31 Å². The molecule has 0 amide bonds. The summed E-state index contributed by atoms with van der Waals surface area (Å²) < 4.78 is 35.1. The van der Waals surface area contributed by atoms with Gasteiger partial charge in [0.2, 0.25) is 10.0 Å². The Balaban J connectivity index is 0.000000758. The SMILES string of the molecule is CC(C)CN(CC(C)C)S(=O)(=O)c1ccc(O)cc1.COP([O-])(=S)OC. The first-order chi connectivity index (χ1) is 11.9. The van der Waals surface area contributed by atoms with E-state index in [1.54, 1.807) is 0 Å². The molecule has 7 nitrogen and oxygen atoms in total. The van der Waals surface area contributed by atoms with E-state index < -0.39 is 16.7 Å². The first-order valence-corrected chi connectivity index (χ1v) is 12.1. The largest absolute Gasteiger partial charge is 0.780 e. The van der Waals surface area contributed by atoms with Gasteiger partial charge in [0.05, 0.1) is 4.90 Å². The van der Waals surface area contributed by atoms with Crippen molar-refractivity contribution in [2.45, 2.75) is 32.6 Å². The number of phenolic OH excluding ortho intramolecular Hbond substituents is 1. The average Bonchev–Trinajstić information content (AvgIpc) is 2.54. The minimum absolute atomic E-state index is 0.0678. The highest BCUT2D eigenvalue weighted by atomic mass is 32.5. The van der Waals surface area contributed by atoms with E-state index in [-0.39, 0.29) is 22.5 Å². The molecule has 0 heterocycles. The predicted molar refractivity (Wildman–Crippen MR) is 105 cm³/mol. The summed E-state index contributed by atoms with van der Waals surface area (Å²) in [7, 11) is -0.991. The molecular formula is C16H29NO6PS2-. The van der Waals surface area contributed by atoms with Crippen molar-refractivity contribution in [3.63, 3.8) is 0 Å². The molecule has 0 spiro atoms. The maximum Gasteiger partial charge on any atom is 0.243 e. The van der Waals surface area contributed by atoms with E-state index in [1.165, 1.54) is 42.8 Å². The van der Waals surface area contributed by atoms with Crippen LogP contribution in [-0.4, -0.2) is 45.1 Å². The van der Waals surface area contributed by atoms with Crippen LogP contribution in [-0.2, 0) is 30.9 Å². The summed E-state index contributed by atoms with van der Waals surface area (Å²) in [6, 6.07) is 5.68. The molecule has 0 aliphatic rings. The Hall–Kier alpha value is -0.540. The van der Waals surface area contributed by atoms with E-state index in [0.717, 1.165) is 0 Å². The van der Waals surface area contributed by atoms with Crippen LogP contribution in [0.15, 0.2) is 29.2 Å². The third-order valence-electron chi connectivity index (χ3n) is 3.06. The maximum absolute atomic E-state index is 12.6. The first kappa shape index (κ1) is 25.5. The Kier molecular flexibility index (Phi) is 11.1. The quantitative estimate of drug-likeness (QED) is 0.638. The second-order valence-corrected chi connectivity index (χ2v) is 11.3. The molecule has 10 heteroatoms. The minimum atomic E-state index is -3.49. The molecule has 0 aromatic heterocycles. The van der Waals surface area contributed by atoms with Gasteiger partial charge < -0.3 is 19.0 Å². The highest BCUT2D eigenvalue weighted by molar-refractivity contribution is 8.06. The van der Waals surface area contributed by atoms with Gasteiger partial charge in [-0.25, -0.2) is 8.42 Å². The van der Waals surface area contributed by atoms with Crippen molar-refractivity contribution in [3.8, 4) is 5.75 Å². The number of nitrogens with zero attached hydrogens (tertiary/aromatic N) is 1. The van der Waals surface area contributed by atoms with Gasteiger partial charge >= 0.3 is 0 Å². The number of aromatic hydroxyl groups is 1. The van der Waals surface area contributed by atoms with Crippen molar-refractivity contribution in [3.05, 3.63) is 24.3 Å². The normalized spacial score (nSPS) is 12.4. The molecular weight excluding hydrogens is 397 g/mol. The van der Waals surface area contributed by atoms with Gasteiger partial charge in [0, 0.05) is 27.3 Å². The van der Waals surface area contributed by atoms with Crippen molar-refractivity contribution in [2.24, 2.45) is 11.8 Å². The fourth-order valence-electron chi connectivity index (χ4n) is 1.93. The highest BCUT2D eigenvalue weighted by Gasteiger charge is 2.25. The van der Waals surface area contributed by atoms with Crippen LogP contribution in [0.4, 0.5) is 0 Å². The van der Waals surface area contributed by atoms with Gasteiger partial charge in [-0.15, -0.1) is 0 Å². The van der Waals surface area contributed by atoms with Gasteiger partial charge in [-0.3, -0.25) is 0 Å². The summed E-state index contributed by atoms with van der Waals surface area (Å²) in [4.78, 5) is 10.6. The van der Waals surface area contributed by atoms with Crippen molar-refractivity contribution in [2.75, 3.05) is 27.3 Å². The smallest absolute Gasteiger partial charge is 0.243 e. The summed E-state index contributed by atoms with van der Waals surface area (Å²) in [5.74, 6) is 0.606. The zero-order valence-electron chi connectivity index (χ0n) is 16.1. The standard InChI is InChI=1S/C14H23NO3S.C2H7O3PS/c1-11(2)9-15(10-12(3)4)19(17,18)14-7-5-13(16)6-8-14;1-4-6(3,7)5-2/h5-8,11-12,16H,9-10H2,1-4H3;1-2H3,(H,3,7)/p-1. The number of hydrogen-bond donors (Lipinski definition) is 1. The second kappa shape index (κ2) is 11.3. The predicted octanol–water partition coefficient (Wildman–Crippen LogP) is 2.56. The van der Waals surface area contributed by atoms with Crippen LogP contribution in [0.1, 0.15) is 27.7 Å². The van der Waals surface area contributed by atoms with E-state index in [9.17, 15) is 18.4 Å². The molecule has 1 aromatic carbocycles. The van der Waals surface area contributed by atoms with Crippen LogP contribution in [0.2, 0.25) is 0 Å². The number of phenols is 1. The van der Waals surface area contributed by atoms with Crippen molar-refractivity contribution < 1.29 is 27.5 Å². The van der Waals surface area contributed by atoms with Gasteiger partial charge in [-0.1, -0.05) is 39.5 Å². The zero-order chi connectivity index (χ0) is 20.5. The summed E-state index contributed by atoms with van der Waals surface area (Å²) in [5, 5.41) is 9.24. The van der Waals surface area contributed by atoms with Crippen LogP contribution in [0.5, 0.6) is 5.75 Å². The monoisotopic (exact) mass is 426 g/mol. The molecule has 0 bridgehead atoms. The van der Waals surface area contributed by atoms with Crippen LogP contribution in [0.3, 0.4) is 0 Å². The fourth-order valence-corrected chi connectivity index (χ4v) is 3.84. The number of hydrogen-bond acceptors (Lipinski definition) is 7. The molecule has 1 rings (SSSR count). The summed E-state index contributed by atoms with van der Waals surface area (Å²) in [6.45, 7) is 5.93. The maximum atomic E-state index is 12.6. The van der Waals surface area contributed by atoms with Gasteiger partial charge in [0.1, 0.15) is 12.5 Å². The first-order valence-electron chi connectivity index (χ1n) is 8.07. The van der Waals surface area contributed by atoms with Gasteiger partial charge in [0.25, 0.3) is 0 Å². The Bertz CT molecular complexity index is 658. The third kappa shape index (κ3) is 9.41. The molecule has 1 aromatic rings. The Morgan fingerprint density at radius 1 is 1.08 bits per heavy atom. The topological polar surface area (TPSA) is 99.1 Å². The zero-order valence-corrected chi connectivity index (χ0v) is 18.6. The van der Waals surface area contributed by atoms with E-state index in [1.807, 2.05) is 27.7 Å². The van der Waals surface area contributed by atoms with Crippen molar-refractivity contribution in [1.29, 1.82) is 0 Å². The number of rotatable bonds is 8. The molecule has 26 heavy (non-hydrogen) atoms. The molecule has 1 N–H and O–H groups in total. The van der Waals surface area contributed by atoms with E-state index in [4.69, 9.17) is 0 Å². The van der Waals surface area contributed by atoms with Gasteiger partial charge in [-0.2, -0.15) is 4.31 Å². The highest BCUT2D eigenvalue weighted by Crippen LogP contribution is 2.35. The lowest BCUT2D eigenvalue weighted by Crippen LogP contribution is -2.36. The third-order valence-corrected chi connectivity index (χ3v) is 6.69. The fraction of sp³-hybridized carbons (Fsp3) is 0.625. The second-order valence-electron chi connectivity index (χ2n) is 6.42. The molecule has 0 saturated heterocycles. The summed E-state index contributed by atoms with van der Waals surface area (Å²) in [5.41, 5.74) is 0. The number of benzene rings is 1. The Morgan fingerprint density at radius 2 is 1.46 bits per heavy atom. The average molecular weight is 427 g/mol. The van der Waals surface area contributed by atoms with Gasteiger partial charge in [0.15, 0.2) is 0 Å². The lowest BCUT2D eigenvalue weighted by molar-refractivity contribution is -0.201. The van der Waals surface area contributed by atoms with Gasteiger partial charge in [-0.05, 0) is 36.1 Å². The molecule has 0 fully saturated rings.